The largest absolute Gasteiger partial charge is 0.444 e. The summed E-state index contributed by atoms with van der Waals surface area (Å²) in [6, 6.07) is 5.51. The molecule has 0 saturated carbocycles. The molecular formula is C24H33NO5S. The first-order valence-corrected chi connectivity index (χ1v) is 12.0. The van der Waals surface area contributed by atoms with Crippen LogP contribution in [0.5, 0.6) is 0 Å². The molecule has 1 saturated heterocycles. The van der Waals surface area contributed by atoms with Crippen molar-refractivity contribution in [1.29, 1.82) is 0 Å². The first-order chi connectivity index (χ1) is 14.4. The SMILES string of the molecule is C=C[C@H]1C[C@@H](S(=O)(=O)c2ccc(C)cc2)[C@@H](/C=C/CCC(C)=O)N1C(=O)OC(C)(C)C. The Morgan fingerprint density at radius 2 is 1.84 bits per heavy atom. The normalized spacial score (nSPS) is 22.0. The van der Waals surface area contributed by atoms with Gasteiger partial charge in [0.05, 0.1) is 22.2 Å². The van der Waals surface area contributed by atoms with Crippen LogP contribution in [0.4, 0.5) is 4.79 Å². The standard InChI is InChI=1S/C24H33NO5S/c1-7-19-16-22(31(28,29)20-14-12-17(2)13-15-20)21(11-9-8-10-18(3)26)25(19)23(27)30-24(4,5)6/h7,9,11-15,19,21-22H,1,8,10,16H2,2-6H3/b11-9+/t19-,21+,22+/m0/s1. The van der Waals surface area contributed by atoms with Crippen LogP contribution in [-0.4, -0.2) is 48.1 Å². The lowest BCUT2D eigenvalue weighted by Gasteiger charge is -2.31. The number of amides is 1. The first kappa shape index (κ1) is 24.9. The third-order valence-electron chi connectivity index (χ3n) is 5.15. The molecule has 3 atom stereocenters. The van der Waals surface area contributed by atoms with Gasteiger partial charge in [0, 0.05) is 6.42 Å². The maximum absolute atomic E-state index is 13.5. The van der Waals surface area contributed by atoms with E-state index in [1.807, 2.05) is 6.92 Å². The first-order valence-electron chi connectivity index (χ1n) is 10.5. The van der Waals surface area contributed by atoms with E-state index in [1.165, 1.54) is 11.8 Å². The lowest BCUT2D eigenvalue weighted by molar-refractivity contribution is -0.116. The number of ether oxygens (including phenoxy) is 1. The predicted octanol–water partition coefficient (Wildman–Crippen LogP) is 4.63. The number of likely N-dealkylation sites (tertiary alicyclic amines) is 1. The van der Waals surface area contributed by atoms with Crippen LogP contribution in [0.3, 0.4) is 0 Å². The fourth-order valence-electron chi connectivity index (χ4n) is 3.62. The molecule has 0 aromatic heterocycles. The zero-order valence-corrected chi connectivity index (χ0v) is 19.8. The smallest absolute Gasteiger partial charge is 0.411 e. The van der Waals surface area contributed by atoms with Crippen molar-refractivity contribution < 1.29 is 22.7 Å². The number of benzene rings is 1. The molecule has 1 heterocycles. The number of carbonyl (C=O) groups is 2. The van der Waals surface area contributed by atoms with Crippen molar-refractivity contribution >= 4 is 21.7 Å². The maximum atomic E-state index is 13.5. The number of sulfone groups is 1. The molecule has 2 rings (SSSR count). The molecule has 1 aromatic carbocycles. The number of ketones is 1. The van der Waals surface area contributed by atoms with E-state index in [0.29, 0.717) is 12.8 Å². The van der Waals surface area contributed by atoms with Crippen molar-refractivity contribution in [2.24, 2.45) is 0 Å². The van der Waals surface area contributed by atoms with E-state index in [1.54, 1.807) is 63.3 Å². The second kappa shape index (κ2) is 9.81. The van der Waals surface area contributed by atoms with E-state index in [0.717, 1.165) is 5.56 Å². The summed E-state index contributed by atoms with van der Waals surface area (Å²) < 4.78 is 32.6. The van der Waals surface area contributed by atoms with Crippen molar-refractivity contribution in [2.45, 2.75) is 81.7 Å². The zero-order valence-electron chi connectivity index (χ0n) is 19.0. The second-order valence-corrected chi connectivity index (χ2v) is 11.1. The number of hydrogen-bond acceptors (Lipinski definition) is 5. The highest BCUT2D eigenvalue weighted by atomic mass is 32.2. The molecular weight excluding hydrogens is 414 g/mol. The Hall–Kier alpha value is -2.41. The average molecular weight is 448 g/mol. The molecule has 1 amide bonds. The molecule has 0 spiro atoms. The van der Waals surface area contributed by atoms with E-state index in [9.17, 15) is 18.0 Å². The third-order valence-corrected chi connectivity index (χ3v) is 7.35. The van der Waals surface area contributed by atoms with E-state index in [4.69, 9.17) is 4.74 Å². The summed E-state index contributed by atoms with van der Waals surface area (Å²) in [6.45, 7) is 12.5. The molecule has 1 fully saturated rings. The summed E-state index contributed by atoms with van der Waals surface area (Å²) in [7, 11) is -3.73. The molecule has 31 heavy (non-hydrogen) atoms. The lowest BCUT2D eigenvalue weighted by Crippen LogP contribution is -2.45. The van der Waals surface area contributed by atoms with Gasteiger partial charge in [-0.15, -0.1) is 6.58 Å². The molecule has 170 valence electrons. The van der Waals surface area contributed by atoms with Crippen molar-refractivity contribution in [1.82, 2.24) is 4.90 Å². The molecule has 1 aromatic rings. The molecule has 0 bridgehead atoms. The van der Waals surface area contributed by atoms with Crippen molar-refractivity contribution in [3.63, 3.8) is 0 Å². The molecule has 0 aliphatic carbocycles. The number of hydrogen-bond donors (Lipinski definition) is 0. The molecule has 7 heteroatoms. The zero-order chi connectivity index (χ0) is 23.4. The van der Waals surface area contributed by atoms with Crippen LogP contribution in [-0.2, 0) is 19.4 Å². The van der Waals surface area contributed by atoms with Crippen LogP contribution in [0.25, 0.3) is 0 Å². The molecule has 1 aliphatic heterocycles. The Balaban J connectivity index is 2.46. The fraction of sp³-hybridized carbons (Fsp3) is 0.500. The highest BCUT2D eigenvalue weighted by Crippen LogP contribution is 2.35. The van der Waals surface area contributed by atoms with E-state index in [-0.39, 0.29) is 17.1 Å². The molecule has 1 aliphatic rings. The van der Waals surface area contributed by atoms with Gasteiger partial charge in [0.1, 0.15) is 11.4 Å². The summed E-state index contributed by atoms with van der Waals surface area (Å²) in [6.07, 6.45) is 5.55. The average Bonchev–Trinajstić information content (AvgIpc) is 3.03. The summed E-state index contributed by atoms with van der Waals surface area (Å²) in [5, 5.41) is -0.848. The Morgan fingerprint density at radius 3 is 2.35 bits per heavy atom. The summed E-state index contributed by atoms with van der Waals surface area (Å²) in [5.41, 5.74) is 0.241. The number of aryl methyl sites for hydroxylation is 1. The number of nitrogens with zero attached hydrogens (tertiary/aromatic N) is 1. The van der Waals surface area contributed by atoms with Gasteiger partial charge in [-0.3, -0.25) is 4.90 Å². The Kier molecular flexibility index (Phi) is 7.87. The van der Waals surface area contributed by atoms with Gasteiger partial charge < -0.3 is 9.53 Å². The lowest BCUT2D eigenvalue weighted by atomic mass is 10.1. The molecule has 0 N–H and O–H groups in total. The highest BCUT2D eigenvalue weighted by Gasteiger charge is 2.49. The van der Waals surface area contributed by atoms with Crippen LogP contribution in [0.1, 0.15) is 52.5 Å². The second-order valence-electron chi connectivity index (χ2n) is 8.98. The third kappa shape index (κ3) is 6.29. The van der Waals surface area contributed by atoms with Gasteiger partial charge in [0.2, 0.25) is 0 Å². The predicted molar refractivity (Wildman–Crippen MR) is 122 cm³/mol. The van der Waals surface area contributed by atoms with Crippen LogP contribution >= 0.6 is 0 Å². The van der Waals surface area contributed by atoms with Crippen LogP contribution < -0.4 is 0 Å². The minimum Gasteiger partial charge on any atom is -0.444 e. The van der Waals surface area contributed by atoms with E-state index >= 15 is 0 Å². The van der Waals surface area contributed by atoms with Crippen LogP contribution in [0, 0.1) is 6.92 Å². The van der Waals surface area contributed by atoms with E-state index in [2.05, 4.69) is 6.58 Å². The van der Waals surface area contributed by atoms with Gasteiger partial charge in [0.15, 0.2) is 9.84 Å². The van der Waals surface area contributed by atoms with Gasteiger partial charge in [-0.1, -0.05) is 35.9 Å². The fourth-order valence-corrected chi connectivity index (χ4v) is 5.53. The minimum atomic E-state index is -3.73. The Labute approximate surface area is 185 Å². The summed E-state index contributed by atoms with van der Waals surface area (Å²) in [4.78, 5) is 26.0. The van der Waals surface area contributed by atoms with Gasteiger partial charge in [-0.05, 0) is 59.6 Å². The number of rotatable bonds is 7. The Morgan fingerprint density at radius 1 is 1.23 bits per heavy atom. The minimum absolute atomic E-state index is 0.0489. The number of allylic oxidation sites excluding steroid dienone is 1. The van der Waals surface area contributed by atoms with Gasteiger partial charge in [-0.2, -0.15) is 0 Å². The van der Waals surface area contributed by atoms with Crippen molar-refractivity contribution in [3.05, 3.63) is 54.6 Å². The van der Waals surface area contributed by atoms with Gasteiger partial charge in [0.25, 0.3) is 0 Å². The monoisotopic (exact) mass is 447 g/mol. The highest BCUT2D eigenvalue weighted by molar-refractivity contribution is 7.92. The maximum Gasteiger partial charge on any atom is 0.411 e. The molecule has 6 nitrogen and oxygen atoms in total. The summed E-state index contributed by atoms with van der Waals surface area (Å²) in [5.74, 6) is 0.0489. The number of Topliss-reactive ketones (excluding diaryl/α,β-unsaturated/α-hetero) is 1. The summed E-state index contributed by atoms with van der Waals surface area (Å²) >= 11 is 0. The number of carbonyl (C=O) groups excluding carboxylic acids is 2. The molecule has 0 radical (unpaired) electrons. The Bertz CT molecular complexity index is 941. The van der Waals surface area contributed by atoms with Crippen LogP contribution in [0.15, 0.2) is 54.0 Å². The van der Waals surface area contributed by atoms with Crippen molar-refractivity contribution in [3.8, 4) is 0 Å². The van der Waals surface area contributed by atoms with E-state index < -0.39 is 38.9 Å². The topological polar surface area (TPSA) is 80.8 Å². The molecule has 0 unspecified atom stereocenters. The van der Waals surface area contributed by atoms with Gasteiger partial charge in [-0.25, -0.2) is 13.2 Å². The van der Waals surface area contributed by atoms with Gasteiger partial charge >= 0.3 is 6.09 Å². The van der Waals surface area contributed by atoms with Crippen LogP contribution in [0.2, 0.25) is 0 Å². The quantitative estimate of drug-likeness (QED) is 0.570. The van der Waals surface area contributed by atoms with Crippen molar-refractivity contribution in [2.75, 3.05) is 0 Å².